The van der Waals surface area contributed by atoms with Crippen LogP contribution in [-0.2, 0) is 0 Å². The van der Waals surface area contributed by atoms with Crippen molar-refractivity contribution in [3.63, 3.8) is 0 Å². The maximum absolute atomic E-state index is 12.6. The molecule has 3 rings (SSSR count). The van der Waals surface area contributed by atoms with Crippen molar-refractivity contribution in [2.24, 2.45) is 0 Å². The summed E-state index contributed by atoms with van der Waals surface area (Å²) < 4.78 is 5.54. The maximum atomic E-state index is 12.6. The van der Waals surface area contributed by atoms with Crippen LogP contribution in [0.15, 0.2) is 12.1 Å². The third-order valence-corrected chi connectivity index (χ3v) is 4.89. The highest BCUT2D eigenvalue weighted by Crippen LogP contribution is 2.31. The molecule has 2 aliphatic rings. The number of nitrogen functional groups attached to an aromatic ring is 1. The monoisotopic (exact) mass is 323 g/mol. The van der Waals surface area contributed by atoms with Crippen LogP contribution in [0.3, 0.4) is 0 Å². The summed E-state index contributed by atoms with van der Waals surface area (Å²) in [5.74, 6) is 0.354. The predicted octanol–water partition coefficient (Wildman–Crippen LogP) is 2.29. The Bertz CT molecular complexity index is 579. The number of nitrogens with one attached hydrogen (secondary N) is 1. The van der Waals surface area contributed by atoms with E-state index in [2.05, 4.69) is 10.2 Å². The van der Waals surface area contributed by atoms with Gasteiger partial charge in [-0.1, -0.05) is 11.6 Å². The van der Waals surface area contributed by atoms with Gasteiger partial charge < -0.3 is 15.8 Å². The fourth-order valence-corrected chi connectivity index (χ4v) is 3.68. The number of ether oxygens (including phenoxy) is 1. The summed E-state index contributed by atoms with van der Waals surface area (Å²) in [7, 11) is 0. The molecular formula is C16H22ClN3O2. The number of carbonyl (C=O) groups excluding carboxylic acids is 1. The van der Waals surface area contributed by atoms with Crippen LogP contribution >= 0.6 is 11.6 Å². The molecule has 0 unspecified atom stereocenters. The second kappa shape index (κ2) is 6.34. The Balaban J connectivity index is 1.78. The lowest BCUT2D eigenvalue weighted by atomic mass is 10.1. The fraction of sp³-hybridized carbons (Fsp3) is 0.562. The summed E-state index contributed by atoms with van der Waals surface area (Å²) in [5, 5.41) is 3.53. The molecule has 2 saturated heterocycles. The van der Waals surface area contributed by atoms with Gasteiger partial charge in [0, 0.05) is 24.7 Å². The highest BCUT2D eigenvalue weighted by Gasteiger charge is 2.38. The number of fused-ring (bicyclic) bond motifs is 1. The molecule has 120 valence electrons. The molecule has 0 aromatic heterocycles. The lowest BCUT2D eigenvalue weighted by Gasteiger charge is -2.22. The minimum Gasteiger partial charge on any atom is -0.493 e. The van der Waals surface area contributed by atoms with Gasteiger partial charge >= 0.3 is 0 Å². The van der Waals surface area contributed by atoms with Gasteiger partial charge in [-0.2, -0.15) is 0 Å². The minimum atomic E-state index is -0.135. The van der Waals surface area contributed by atoms with Crippen molar-refractivity contribution in [2.45, 2.75) is 38.3 Å². The Hall–Kier alpha value is -1.46. The van der Waals surface area contributed by atoms with E-state index in [1.165, 1.54) is 6.42 Å². The first-order valence-corrected chi connectivity index (χ1v) is 8.24. The van der Waals surface area contributed by atoms with Crippen molar-refractivity contribution >= 4 is 23.2 Å². The fourth-order valence-electron chi connectivity index (χ4n) is 3.52. The van der Waals surface area contributed by atoms with E-state index in [4.69, 9.17) is 22.1 Å². The molecule has 1 aromatic carbocycles. The van der Waals surface area contributed by atoms with E-state index in [1.54, 1.807) is 12.1 Å². The molecule has 2 fully saturated rings. The lowest BCUT2D eigenvalue weighted by molar-refractivity contribution is 0.0926. The molecule has 0 radical (unpaired) electrons. The van der Waals surface area contributed by atoms with Crippen LogP contribution in [0.4, 0.5) is 5.69 Å². The molecule has 1 amide bonds. The first-order valence-electron chi connectivity index (χ1n) is 7.87. The summed E-state index contributed by atoms with van der Waals surface area (Å²) in [6, 6.07) is 3.90. The van der Waals surface area contributed by atoms with Crippen molar-refractivity contribution in [3.8, 4) is 5.75 Å². The number of benzene rings is 1. The predicted molar refractivity (Wildman–Crippen MR) is 87.5 cm³/mol. The number of nitrogens with zero attached hydrogens (tertiary/aromatic N) is 1. The van der Waals surface area contributed by atoms with Gasteiger partial charge in [0.1, 0.15) is 5.75 Å². The number of hydrogen-bond donors (Lipinski definition) is 2. The quantitative estimate of drug-likeness (QED) is 0.834. The largest absolute Gasteiger partial charge is 0.493 e. The highest BCUT2D eigenvalue weighted by molar-refractivity contribution is 6.33. The topological polar surface area (TPSA) is 67.6 Å². The van der Waals surface area contributed by atoms with Crippen LogP contribution in [0, 0.1) is 0 Å². The molecule has 0 bridgehead atoms. The number of anilines is 1. The molecule has 2 atom stereocenters. The molecule has 6 heteroatoms. The second-order valence-electron chi connectivity index (χ2n) is 5.92. The van der Waals surface area contributed by atoms with Crippen molar-refractivity contribution in [2.75, 3.05) is 25.4 Å². The van der Waals surface area contributed by atoms with E-state index >= 15 is 0 Å². The Labute approximate surface area is 135 Å². The van der Waals surface area contributed by atoms with Gasteiger partial charge in [0.15, 0.2) is 0 Å². The first-order chi connectivity index (χ1) is 10.6. The van der Waals surface area contributed by atoms with E-state index in [-0.39, 0.29) is 11.9 Å². The standard InChI is InChI=1S/C16H22ClN3O2/c1-2-22-15-9-12(18)11(17)8-10(15)16(21)19-13-5-7-20-6-3-4-14(13)20/h8-9,13-14H,2-7,18H2,1H3,(H,19,21)/t13-,14+/m0/s1. The third kappa shape index (κ3) is 2.88. The van der Waals surface area contributed by atoms with Crippen molar-refractivity contribution < 1.29 is 9.53 Å². The molecule has 3 N–H and O–H groups in total. The van der Waals surface area contributed by atoms with E-state index in [1.807, 2.05) is 6.92 Å². The highest BCUT2D eigenvalue weighted by atomic mass is 35.5. The Morgan fingerprint density at radius 2 is 2.27 bits per heavy atom. The average Bonchev–Trinajstić information content (AvgIpc) is 3.08. The van der Waals surface area contributed by atoms with E-state index in [0.29, 0.717) is 34.7 Å². The smallest absolute Gasteiger partial charge is 0.255 e. The normalized spacial score (nSPS) is 24.3. The van der Waals surface area contributed by atoms with Gasteiger partial charge in [-0.15, -0.1) is 0 Å². The van der Waals surface area contributed by atoms with Crippen molar-refractivity contribution in [3.05, 3.63) is 22.7 Å². The number of halogens is 1. The van der Waals surface area contributed by atoms with Gasteiger partial charge in [-0.3, -0.25) is 9.69 Å². The summed E-state index contributed by atoms with van der Waals surface area (Å²) in [5.41, 5.74) is 6.68. The molecule has 0 spiro atoms. The molecule has 2 aliphatic heterocycles. The van der Waals surface area contributed by atoms with Gasteiger partial charge in [0.25, 0.3) is 5.91 Å². The zero-order valence-corrected chi connectivity index (χ0v) is 13.5. The summed E-state index contributed by atoms with van der Waals surface area (Å²) in [6.45, 7) is 4.56. The van der Waals surface area contributed by atoms with Gasteiger partial charge in [-0.25, -0.2) is 0 Å². The molecule has 0 saturated carbocycles. The van der Waals surface area contributed by atoms with Crippen LogP contribution in [0.1, 0.15) is 36.5 Å². The molecule has 1 aromatic rings. The summed E-state index contributed by atoms with van der Waals surface area (Å²) >= 11 is 6.07. The number of amides is 1. The molecule has 5 nitrogen and oxygen atoms in total. The molecule has 0 aliphatic carbocycles. The number of nitrogens with two attached hydrogens (primary N) is 1. The Morgan fingerprint density at radius 1 is 1.45 bits per heavy atom. The zero-order valence-electron chi connectivity index (χ0n) is 12.8. The SMILES string of the molecule is CCOc1cc(N)c(Cl)cc1C(=O)N[C@H]1CCN2CCC[C@H]12. The van der Waals surface area contributed by atoms with E-state index in [9.17, 15) is 4.79 Å². The molecular weight excluding hydrogens is 302 g/mol. The van der Waals surface area contributed by atoms with Crippen LogP contribution in [0.25, 0.3) is 0 Å². The lowest BCUT2D eigenvalue weighted by Crippen LogP contribution is -2.42. The minimum absolute atomic E-state index is 0.135. The van der Waals surface area contributed by atoms with Crippen molar-refractivity contribution in [1.29, 1.82) is 0 Å². The Morgan fingerprint density at radius 3 is 3.05 bits per heavy atom. The molecule has 2 heterocycles. The Kier molecular flexibility index (Phi) is 4.45. The van der Waals surface area contributed by atoms with Gasteiger partial charge in [-0.05, 0) is 38.8 Å². The second-order valence-corrected chi connectivity index (χ2v) is 6.32. The van der Waals surface area contributed by atoms with E-state index in [0.717, 1.165) is 25.9 Å². The number of rotatable bonds is 4. The number of hydrogen-bond acceptors (Lipinski definition) is 4. The van der Waals surface area contributed by atoms with Crippen LogP contribution in [-0.4, -0.2) is 42.6 Å². The number of carbonyl (C=O) groups is 1. The zero-order chi connectivity index (χ0) is 15.7. The third-order valence-electron chi connectivity index (χ3n) is 4.57. The maximum Gasteiger partial charge on any atom is 0.255 e. The van der Waals surface area contributed by atoms with Crippen LogP contribution < -0.4 is 15.8 Å². The first kappa shape index (κ1) is 15.4. The van der Waals surface area contributed by atoms with Crippen LogP contribution in [0.2, 0.25) is 5.02 Å². The van der Waals surface area contributed by atoms with Gasteiger partial charge in [0.05, 0.1) is 22.9 Å². The van der Waals surface area contributed by atoms with Crippen LogP contribution in [0.5, 0.6) is 5.75 Å². The van der Waals surface area contributed by atoms with Crippen molar-refractivity contribution in [1.82, 2.24) is 10.2 Å². The summed E-state index contributed by atoms with van der Waals surface area (Å²) in [4.78, 5) is 15.1. The van der Waals surface area contributed by atoms with E-state index < -0.39 is 0 Å². The summed E-state index contributed by atoms with van der Waals surface area (Å²) in [6.07, 6.45) is 3.38. The average molecular weight is 324 g/mol. The molecule has 22 heavy (non-hydrogen) atoms. The van der Waals surface area contributed by atoms with Gasteiger partial charge in [0.2, 0.25) is 0 Å².